The molecule has 3 nitrogen and oxygen atoms in total. The summed E-state index contributed by atoms with van der Waals surface area (Å²) in [5, 5.41) is 9.74. The largest absolute Gasteiger partial charge is 0.457 e. The second-order valence-corrected chi connectivity index (χ2v) is 4.71. The molecule has 0 radical (unpaired) electrons. The van der Waals surface area contributed by atoms with Crippen LogP contribution in [0.25, 0.3) is 0 Å². The van der Waals surface area contributed by atoms with Crippen molar-refractivity contribution >= 4 is 5.69 Å². The zero-order valence-corrected chi connectivity index (χ0v) is 11.5. The van der Waals surface area contributed by atoms with Crippen LogP contribution in [0.2, 0.25) is 0 Å². The van der Waals surface area contributed by atoms with Crippen LogP contribution in [0.5, 0.6) is 11.5 Å². The molecular weight excluding hydrogens is 238 g/mol. The van der Waals surface area contributed by atoms with Crippen LogP contribution in [0.15, 0.2) is 48.5 Å². The molecule has 0 aliphatic rings. The Morgan fingerprint density at radius 2 is 1.79 bits per heavy atom. The molecule has 0 spiro atoms. The fourth-order valence-electron chi connectivity index (χ4n) is 1.87. The lowest BCUT2D eigenvalue weighted by atomic mass is 10.1. The molecule has 0 bridgehead atoms. The number of hydrogen-bond donors (Lipinski definition) is 1. The van der Waals surface area contributed by atoms with E-state index >= 15 is 0 Å². The minimum Gasteiger partial charge on any atom is -0.457 e. The summed E-state index contributed by atoms with van der Waals surface area (Å²) in [6.45, 7) is 1.73. The summed E-state index contributed by atoms with van der Waals surface area (Å²) in [5.74, 6) is 1.45. The standard InChI is InChI=1S/C16H19NO2/c1-12(18)15-9-4-5-10-16(15)19-14-8-6-7-13(11-14)17(2)3/h4-12,18H,1-3H3/t12-/m0/s1. The maximum Gasteiger partial charge on any atom is 0.133 e. The molecule has 2 aromatic rings. The van der Waals surface area contributed by atoms with Crippen LogP contribution in [-0.2, 0) is 0 Å². The predicted molar refractivity (Wildman–Crippen MR) is 77.9 cm³/mol. The number of hydrogen-bond acceptors (Lipinski definition) is 3. The van der Waals surface area contributed by atoms with E-state index in [0.29, 0.717) is 5.75 Å². The molecule has 0 heterocycles. The van der Waals surface area contributed by atoms with E-state index in [1.165, 1.54) is 0 Å². The number of aliphatic hydroxyl groups is 1. The second kappa shape index (κ2) is 5.76. The quantitative estimate of drug-likeness (QED) is 0.908. The summed E-state index contributed by atoms with van der Waals surface area (Å²) in [7, 11) is 3.98. The van der Waals surface area contributed by atoms with E-state index in [9.17, 15) is 5.11 Å². The summed E-state index contributed by atoms with van der Waals surface area (Å²) >= 11 is 0. The van der Waals surface area contributed by atoms with Gasteiger partial charge in [0.1, 0.15) is 11.5 Å². The van der Waals surface area contributed by atoms with Crippen LogP contribution in [-0.4, -0.2) is 19.2 Å². The Bertz CT molecular complexity index is 550. The van der Waals surface area contributed by atoms with Crippen molar-refractivity contribution in [2.24, 2.45) is 0 Å². The van der Waals surface area contributed by atoms with E-state index in [1.807, 2.05) is 67.5 Å². The van der Waals surface area contributed by atoms with Crippen LogP contribution in [0, 0.1) is 0 Å². The van der Waals surface area contributed by atoms with Gasteiger partial charge < -0.3 is 14.7 Å². The van der Waals surface area contributed by atoms with Crippen molar-refractivity contribution in [1.82, 2.24) is 0 Å². The summed E-state index contributed by atoms with van der Waals surface area (Å²) in [4.78, 5) is 2.02. The maximum atomic E-state index is 9.74. The van der Waals surface area contributed by atoms with Crippen molar-refractivity contribution < 1.29 is 9.84 Å². The molecule has 100 valence electrons. The van der Waals surface area contributed by atoms with Crippen molar-refractivity contribution in [3.05, 3.63) is 54.1 Å². The summed E-state index contributed by atoms with van der Waals surface area (Å²) in [6, 6.07) is 15.4. The van der Waals surface area contributed by atoms with Crippen molar-refractivity contribution in [3.8, 4) is 11.5 Å². The number of benzene rings is 2. The van der Waals surface area contributed by atoms with Crippen LogP contribution >= 0.6 is 0 Å². The number of rotatable bonds is 4. The number of anilines is 1. The molecule has 0 unspecified atom stereocenters. The van der Waals surface area contributed by atoms with Crippen molar-refractivity contribution in [2.45, 2.75) is 13.0 Å². The van der Waals surface area contributed by atoms with Gasteiger partial charge in [0.2, 0.25) is 0 Å². The normalized spacial score (nSPS) is 12.0. The molecule has 19 heavy (non-hydrogen) atoms. The van der Waals surface area contributed by atoms with Gasteiger partial charge in [0.15, 0.2) is 0 Å². The van der Waals surface area contributed by atoms with E-state index in [1.54, 1.807) is 6.92 Å². The molecule has 0 saturated heterocycles. The maximum absolute atomic E-state index is 9.74. The topological polar surface area (TPSA) is 32.7 Å². The zero-order chi connectivity index (χ0) is 13.8. The van der Waals surface area contributed by atoms with Crippen molar-refractivity contribution in [3.63, 3.8) is 0 Å². The van der Waals surface area contributed by atoms with E-state index in [-0.39, 0.29) is 0 Å². The minimum absolute atomic E-state index is 0.548. The van der Waals surface area contributed by atoms with Gasteiger partial charge in [-0.05, 0) is 25.1 Å². The first-order chi connectivity index (χ1) is 9.08. The van der Waals surface area contributed by atoms with Gasteiger partial charge in [-0.15, -0.1) is 0 Å². The third kappa shape index (κ3) is 3.26. The fourth-order valence-corrected chi connectivity index (χ4v) is 1.87. The van der Waals surface area contributed by atoms with Crippen LogP contribution < -0.4 is 9.64 Å². The number of aliphatic hydroxyl groups excluding tert-OH is 1. The Hall–Kier alpha value is -2.00. The monoisotopic (exact) mass is 257 g/mol. The van der Waals surface area contributed by atoms with Gasteiger partial charge in [-0.3, -0.25) is 0 Å². The highest BCUT2D eigenvalue weighted by Crippen LogP contribution is 2.30. The highest BCUT2D eigenvalue weighted by atomic mass is 16.5. The van der Waals surface area contributed by atoms with Crippen LogP contribution in [0.3, 0.4) is 0 Å². The Kier molecular flexibility index (Phi) is 4.07. The first-order valence-corrected chi connectivity index (χ1v) is 6.30. The second-order valence-electron chi connectivity index (χ2n) is 4.71. The Labute approximate surface area is 114 Å². The third-order valence-electron chi connectivity index (χ3n) is 2.93. The first kappa shape index (κ1) is 13.4. The average molecular weight is 257 g/mol. The van der Waals surface area contributed by atoms with Crippen LogP contribution in [0.4, 0.5) is 5.69 Å². The molecule has 3 heteroatoms. The SMILES string of the molecule is C[C@H](O)c1ccccc1Oc1cccc(N(C)C)c1. The lowest BCUT2D eigenvalue weighted by Gasteiger charge is -2.16. The van der Waals surface area contributed by atoms with E-state index in [0.717, 1.165) is 17.0 Å². The van der Waals surface area contributed by atoms with Gasteiger partial charge in [-0.1, -0.05) is 24.3 Å². The van der Waals surface area contributed by atoms with Gasteiger partial charge in [-0.25, -0.2) is 0 Å². The first-order valence-electron chi connectivity index (χ1n) is 6.30. The molecule has 0 saturated carbocycles. The van der Waals surface area contributed by atoms with E-state index in [4.69, 9.17) is 4.74 Å². The molecule has 2 rings (SSSR count). The van der Waals surface area contributed by atoms with Crippen LogP contribution in [0.1, 0.15) is 18.6 Å². The highest BCUT2D eigenvalue weighted by Gasteiger charge is 2.09. The molecule has 1 atom stereocenters. The number of ether oxygens (including phenoxy) is 1. The Morgan fingerprint density at radius 1 is 1.05 bits per heavy atom. The molecule has 1 N–H and O–H groups in total. The number of nitrogens with zero attached hydrogens (tertiary/aromatic N) is 1. The molecule has 0 fully saturated rings. The molecule has 0 aliphatic heterocycles. The molecule has 0 aromatic heterocycles. The smallest absolute Gasteiger partial charge is 0.133 e. The third-order valence-corrected chi connectivity index (χ3v) is 2.93. The van der Waals surface area contributed by atoms with Gasteiger partial charge in [-0.2, -0.15) is 0 Å². The lowest BCUT2D eigenvalue weighted by Crippen LogP contribution is -2.08. The lowest BCUT2D eigenvalue weighted by molar-refractivity contribution is 0.195. The fraction of sp³-hybridized carbons (Fsp3) is 0.250. The summed E-state index contributed by atoms with van der Waals surface area (Å²) in [6.07, 6.45) is -0.548. The molecule has 0 aliphatic carbocycles. The van der Waals surface area contributed by atoms with E-state index < -0.39 is 6.10 Å². The average Bonchev–Trinajstić information content (AvgIpc) is 2.39. The van der Waals surface area contributed by atoms with Gasteiger partial charge in [0.25, 0.3) is 0 Å². The molecule has 0 amide bonds. The Balaban J connectivity index is 2.29. The summed E-state index contributed by atoms with van der Waals surface area (Å²) in [5.41, 5.74) is 1.87. The highest BCUT2D eigenvalue weighted by molar-refractivity contribution is 5.50. The van der Waals surface area contributed by atoms with Gasteiger partial charge in [0.05, 0.1) is 6.10 Å². The summed E-state index contributed by atoms with van der Waals surface area (Å²) < 4.78 is 5.87. The van der Waals surface area contributed by atoms with E-state index in [2.05, 4.69) is 0 Å². The minimum atomic E-state index is -0.548. The van der Waals surface area contributed by atoms with Crippen molar-refractivity contribution in [1.29, 1.82) is 0 Å². The van der Waals surface area contributed by atoms with Gasteiger partial charge in [0, 0.05) is 31.4 Å². The molecule has 2 aromatic carbocycles. The van der Waals surface area contributed by atoms with Gasteiger partial charge >= 0.3 is 0 Å². The zero-order valence-electron chi connectivity index (χ0n) is 11.5. The molecular formula is C16H19NO2. The Morgan fingerprint density at radius 3 is 2.47 bits per heavy atom. The number of para-hydroxylation sites is 1. The van der Waals surface area contributed by atoms with Crippen molar-refractivity contribution in [2.75, 3.05) is 19.0 Å². The predicted octanol–water partition coefficient (Wildman–Crippen LogP) is 3.60.